The van der Waals surface area contributed by atoms with Gasteiger partial charge in [-0.2, -0.15) is 0 Å². The highest BCUT2D eigenvalue weighted by Crippen LogP contribution is 2.25. The molecule has 3 amide bonds. The van der Waals surface area contributed by atoms with Crippen molar-refractivity contribution in [2.24, 2.45) is 0 Å². The smallest absolute Gasteiger partial charge is 0.321 e. The third-order valence-electron chi connectivity index (χ3n) is 5.15. The minimum absolute atomic E-state index is 0.185. The highest BCUT2D eigenvalue weighted by Gasteiger charge is 2.18. The van der Waals surface area contributed by atoms with Crippen molar-refractivity contribution >= 4 is 29.4 Å². The van der Waals surface area contributed by atoms with E-state index in [2.05, 4.69) is 39.6 Å². The lowest BCUT2D eigenvalue weighted by Crippen LogP contribution is -2.43. The van der Waals surface area contributed by atoms with Gasteiger partial charge in [0.2, 0.25) is 11.8 Å². The molecule has 162 valence electrons. The molecule has 0 saturated heterocycles. The van der Waals surface area contributed by atoms with Crippen molar-refractivity contribution in [2.75, 3.05) is 23.7 Å². The first-order valence-electron chi connectivity index (χ1n) is 10.5. The van der Waals surface area contributed by atoms with Crippen molar-refractivity contribution in [3.8, 4) is 11.5 Å². The third-order valence-corrected chi connectivity index (χ3v) is 5.97. The van der Waals surface area contributed by atoms with E-state index in [0.717, 1.165) is 50.0 Å². The van der Waals surface area contributed by atoms with Gasteiger partial charge >= 0.3 is 6.03 Å². The predicted molar refractivity (Wildman–Crippen MR) is 118 cm³/mol. The quantitative estimate of drug-likeness (QED) is 0.582. The van der Waals surface area contributed by atoms with E-state index in [4.69, 9.17) is 4.42 Å². The molecule has 0 aliphatic heterocycles. The van der Waals surface area contributed by atoms with Gasteiger partial charge in [0.15, 0.2) is 0 Å². The van der Waals surface area contributed by atoms with Gasteiger partial charge in [0, 0.05) is 42.6 Å². The fourth-order valence-electron chi connectivity index (χ4n) is 3.50. The van der Waals surface area contributed by atoms with Crippen LogP contribution < -0.4 is 15.5 Å². The molecular formula is C21H29N5O3S. The molecule has 0 bridgehead atoms. The van der Waals surface area contributed by atoms with Crippen LogP contribution in [0, 0.1) is 0 Å². The van der Waals surface area contributed by atoms with E-state index in [0.29, 0.717) is 16.9 Å². The van der Waals surface area contributed by atoms with E-state index in [1.807, 2.05) is 24.3 Å². The van der Waals surface area contributed by atoms with Crippen LogP contribution in [0.1, 0.15) is 46.0 Å². The molecule has 1 fully saturated rings. The molecular weight excluding hydrogens is 402 g/mol. The summed E-state index contributed by atoms with van der Waals surface area (Å²) in [6, 6.07) is 7.79. The van der Waals surface area contributed by atoms with Gasteiger partial charge in [-0.05, 0) is 51.0 Å². The number of carbonyl (C=O) groups is 2. The van der Waals surface area contributed by atoms with Crippen LogP contribution >= 0.6 is 11.8 Å². The van der Waals surface area contributed by atoms with E-state index in [-0.39, 0.29) is 18.4 Å². The first kappa shape index (κ1) is 22.1. The van der Waals surface area contributed by atoms with Crippen molar-refractivity contribution in [3.05, 3.63) is 24.3 Å². The van der Waals surface area contributed by atoms with E-state index in [9.17, 15) is 9.59 Å². The molecule has 1 heterocycles. The SMILES string of the molecule is CCN(CC)c1ccc(-c2nnc(SCCC(=O)NC(=O)NC3CCCC3)o2)cc1. The Labute approximate surface area is 181 Å². The minimum Gasteiger partial charge on any atom is -0.411 e. The highest BCUT2D eigenvalue weighted by atomic mass is 32.2. The molecule has 8 nitrogen and oxygen atoms in total. The Kier molecular flexibility index (Phi) is 8.12. The Morgan fingerprint density at radius 1 is 1.13 bits per heavy atom. The number of anilines is 1. The van der Waals surface area contributed by atoms with Crippen LogP contribution in [0.5, 0.6) is 0 Å². The summed E-state index contributed by atoms with van der Waals surface area (Å²) in [6.07, 6.45) is 4.41. The summed E-state index contributed by atoms with van der Waals surface area (Å²) in [6.45, 7) is 6.16. The summed E-state index contributed by atoms with van der Waals surface area (Å²) in [4.78, 5) is 26.0. The summed E-state index contributed by atoms with van der Waals surface area (Å²) >= 11 is 1.30. The minimum atomic E-state index is -0.412. The molecule has 2 aromatic rings. The molecule has 3 rings (SSSR count). The fourth-order valence-corrected chi connectivity index (χ4v) is 4.20. The number of rotatable bonds is 9. The number of nitrogens with zero attached hydrogens (tertiary/aromatic N) is 3. The monoisotopic (exact) mass is 431 g/mol. The van der Waals surface area contributed by atoms with Crippen molar-refractivity contribution < 1.29 is 14.0 Å². The second-order valence-electron chi connectivity index (χ2n) is 7.19. The molecule has 1 saturated carbocycles. The summed E-state index contributed by atoms with van der Waals surface area (Å²) < 4.78 is 5.69. The zero-order valence-corrected chi connectivity index (χ0v) is 18.3. The second-order valence-corrected chi connectivity index (χ2v) is 8.24. The number of urea groups is 1. The van der Waals surface area contributed by atoms with Crippen LogP contribution in [-0.4, -0.2) is 47.0 Å². The van der Waals surface area contributed by atoms with Crippen LogP contribution in [0.2, 0.25) is 0 Å². The molecule has 1 aromatic heterocycles. The van der Waals surface area contributed by atoms with Crippen molar-refractivity contribution in [1.29, 1.82) is 0 Å². The summed E-state index contributed by atoms with van der Waals surface area (Å²) in [7, 11) is 0. The second kappa shape index (κ2) is 11.0. The zero-order valence-electron chi connectivity index (χ0n) is 17.5. The zero-order chi connectivity index (χ0) is 21.3. The Morgan fingerprint density at radius 2 is 1.83 bits per heavy atom. The largest absolute Gasteiger partial charge is 0.411 e. The van der Waals surface area contributed by atoms with Crippen molar-refractivity contribution in [3.63, 3.8) is 0 Å². The number of carbonyl (C=O) groups excluding carboxylic acids is 2. The third kappa shape index (κ3) is 6.22. The van der Waals surface area contributed by atoms with Crippen LogP contribution in [-0.2, 0) is 4.79 Å². The van der Waals surface area contributed by atoms with Gasteiger partial charge < -0.3 is 14.6 Å². The Hall–Kier alpha value is -2.55. The van der Waals surface area contributed by atoms with Gasteiger partial charge in [0.05, 0.1) is 0 Å². The number of imide groups is 1. The molecule has 2 N–H and O–H groups in total. The van der Waals surface area contributed by atoms with Gasteiger partial charge in [0.25, 0.3) is 5.22 Å². The normalized spacial score (nSPS) is 13.9. The lowest BCUT2D eigenvalue weighted by atomic mass is 10.2. The number of amides is 3. The summed E-state index contributed by atoms with van der Waals surface area (Å²) in [5, 5.41) is 13.7. The van der Waals surface area contributed by atoms with E-state index < -0.39 is 6.03 Å². The molecule has 30 heavy (non-hydrogen) atoms. The number of aromatic nitrogens is 2. The average molecular weight is 432 g/mol. The average Bonchev–Trinajstić information content (AvgIpc) is 3.41. The lowest BCUT2D eigenvalue weighted by molar-refractivity contribution is -0.119. The Balaban J connectivity index is 1.43. The van der Waals surface area contributed by atoms with Crippen molar-refractivity contribution in [2.45, 2.75) is 57.2 Å². The molecule has 0 radical (unpaired) electrons. The molecule has 1 aliphatic rings. The van der Waals surface area contributed by atoms with E-state index >= 15 is 0 Å². The van der Waals surface area contributed by atoms with Gasteiger partial charge in [0.1, 0.15) is 0 Å². The molecule has 9 heteroatoms. The maximum absolute atomic E-state index is 11.9. The number of hydrogen-bond donors (Lipinski definition) is 2. The standard InChI is InChI=1S/C21H29N5O3S/c1-3-26(4-2)17-11-9-15(10-12-17)19-24-25-21(29-19)30-14-13-18(27)23-20(28)22-16-7-5-6-8-16/h9-12,16H,3-8,13-14H2,1-2H3,(H2,22,23,27,28). The molecule has 0 atom stereocenters. The Morgan fingerprint density at radius 3 is 2.50 bits per heavy atom. The molecule has 0 unspecified atom stereocenters. The first-order valence-corrected chi connectivity index (χ1v) is 11.5. The number of nitrogens with one attached hydrogen (secondary N) is 2. The Bertz CT molecular complexity index is 829. The lowest BCUT2D eigenvalue weighted by Gasteiger charge is -2.20. The highest BCUT2D eigenvalue weighted by molar-refractivity contribution is 7.99. The predicted octanol–water partition coefficient (Wildman–Crippen LogP) is 3.83. The van der Waals surface area contributed by atoms with Crippen LogP contribution in [0.3, 0.4) is 0 Å². The van der Waals surface area contributed by atoms with E-state index in [1.165, 1.54) is 11.8 Å². The summed E-state index contributed by atoms with van der Waals surface area (Å²) in [5.74, 6) is 0.583. The fraction of sp³-hybridized carbons (Fsp3) is 0.524. The van der Waals surface area contributed by atoms with Crippen LogP contribution in [0.4, 0.5) is 10.5 Å². The number of hydrogen-bond acceptors (Lipinski definition) is 7. The topological polar surface area (TPSA) is 100 Å². The van der Waals surface area contributed by atoms with Crippen LogP contribution in [0.15, 0.2) is 33.9 Å². The maximum atomic E-state index is 11.9. The number of thioether (sulfide) groups is 1. The van der Waals surface area contributed by atoms with Gasteiger partial charge in [-0.3, -0.25) is 10.1 Å². The first-order chi connectivity index (χ1) is 14.6. The van der Waals surface area contributed by atoms with Gasteiger partial charge in [-0.15, -0.1) is 10.2 Å². The van der Waals surface area contributed by atoms with Crippen molar-refractivity contribution in [1.82, 2.24) is 20.8 Å². The molecule has 1 aliphatic carbocycles. The van der Waals surface area contributed by atoms with Gasteiger partial charge in [-0.25, -0.2) is 4.79 Å². The van der Waals surface area contributed by atoms with E-state index in [1.54, 1.807) is 0 Å². The molecule has 0 spiro atoms. The van der Waals surface area contributed by atoms with Crippen LogP contribution in [0.25, 0.3) is 11.5 Å². The summed E-state index contributed by atoms with van der Waals surface area (Å²) in [5.41, 5.74) is 2.01. The van der Waals surface area contributed by atoms with Gasteiger partial charge in [-0.1, -0.05) is 24.6 Å². The maximum Gasteiger partial charge on any atom is 0.321 e. The number of benzene rings is 1. The molecule has 1 aromatic carbocycles.